The highest BCUT2D eigenvalue weighted by molar-refractivity contribution is 6.37. The van der Waals surface area contributed by atoms with E-state index < -0.39 is 11.9 Å². The summed E-state index contributed by atoms with van der Waals surface area (Å²) in [6, 6.07) is 9.12. The number of halogens is 4. The van der Waals surface area contributed by atoms with Crippen molar-refractivity contribution in [1.29, 1.82) is 0 Å². The molecule has 0 aliphatic heterocycles. The number of anilines is 2. The molecule has 0 heterocycles. The van der Waals surface area contributed by atoms with Gasteiger partial charge in [0.05, 0.1) is 27.6 Å². The SMILES string of the molecule is CO/N=C/C(C(=O)Nc1ccc(Cl)cc1Cl)=C(\Nc1ccc(Cl)cc1Cl)OC(C)=O. The Labute approximate surface area is 192 Å². The number of nitrogens with one attached hydrogen (secondary N) is 2. The van der Waals surface area contributed by atoms with E-state index in [4.69, 9.17) is 51.1 Å². The van der Waals surface area contributed by atoms with E-state index in [0.717, 1.165) is 6.21 Å². The molecule has 158 valence electrons. The van der Waals surface area contributed by atoms with Gasteiger partial charge in [0.25, 0.3) is 5.91 Å². The number of hydrogen-bond donors (Lipinski definition) is 2. The van der Waals surface area contributed by atoms with Crippen LogP contribution in [0.15, 0.2) is 53.0 Å². The van der Waals surface area contributed by atoms with Gasteiger partial charge in [0, 0.05) is 17.0 Å². The number of esters is 1. The van der Waals surface area contributed by atoms with Crippen molar-refractivity contribution in [2.75, 3.05) is 17.7 Å². The van der Waals surface area contributed by atoms with E-state index in [1.165, 1.54) is 32.2 Å². The molecule has 2 aromatic rings. The van der Waals surface area contributed by atoms with Gasteiger partial charge in [-0.2, -0.15) is 0 Å². The van der Waals surface area contributed by atoms with Gasteiger partial charge in [-0.15, -0.1) is 0 Å². The van der Waals surface area contributed by atoms with Crippen molar-refractivity contribution in [3.8, 4) is 0 Å². The summed E-state index contributed by atoms with van der Waals surface area (Å²) >= 11 is 24.0. The second kappa shape index (κ2) is 11.1. The summed E-state index contributed by atoms with van der Waals surface area (Å²) in [5.74, 6) is -1.63. The van der Waals surface area contributed by atoms with Gasteiger partial charge in [0.15, 0.2) is 0 Å². The molecular weight excluding hydrogens is 476 g/mol. The van der Waals surface area contributed by atoms with Crippen LogP contribution in [-0.4, -0.2) is 25.2 Å². The highest BCUT2D eigenvalue weighted by Gasteiger charge is 2.20. The van der Waals surface area contributed by atoms with Crippen LogP contribution in [0.1, 0.15) is 6.92 Å². The summed E-state index contributed by atoms with van der Waals surface area (Å²) in [5, 5.41) is 10.2. The molecule has 0 saturated heterocycles. The van der Waals surface area contributed by atoms with Crippen molar-refractivity contribution in [2.45, 2.75) is 6.92 Å². The molecule has 0 bridgehead atoms. The molecular formula is C19H15Cl4N3O4. The summed E-state index contributed by atoms with van der Waals surface area (Å²) < 4.78 is 5.18. The molecule has 2 aromatic carbocycles. The quantitative estimate of drug-likeness (QED) is 0.169. The predicted molar refractivity (Wildman–Crippen MR) is 119 cm³/mol. The minimum absolute atomic E-state index is 0.177. The summed E-state index contributed by atoms with van der Waals surface area (Å²) in [4.78, 5) is 29.2. The largest absolute Gasteiger partial charge is 0.409 e. The summed E-state index contributed by atoms with van der Waals surface area (Å²) in [5.41, 5.74) is 0.433. The average Bonchev–Trinajstić information content (AvgIpc) is 2.66. The van der Waals surface area contributed by atoms with Gasteiger partial charge in [0.1, 0.15) is 12.7 Å². The maximum Gasteiger partial charge on any atom is 0.309 e. The van der Waals surface area contributed by atoms with Gasteiger partial charge in [0.2, 0.25) is 5.88 Å². The van der Waals surface area contributed by atoms with Crippen LogP contribution in [0, 0.1) is 0 Å². The van der Waals surface area contributed by atoms with Gasteiger partial charge in [-0.3, -0.25) is 9.59 Å². The maximum atomic E-state index is 12.9. The van der Waals surface area contributed by atoms with E-state index >= 15 is 0 Å². The zero-order chi connectivity index (χ0) is 22.3. The third-order valence-corrected chi connectivity index (χ3v) is 4.48. The number of ether oxygens (including phenoxy) is 1. The molecule has 0 aliphatic rings. The normalized spacial score (nSPS) is 11.7. The number of carbonyl (C=O) groups is 2. The Bertz CT molecular complexity index is 1020. The molecule has 11 heteroatoms. The molecule has 0 aliphatic carbocycles. The third kappa shape index (κ3) is 6.81. The minimum atomic E-state index is -0.700. The fraction of sp³-hybridized carbons (Fsp3) is 0.105. The lowest BCUT2D eigenvalue weighted by molar-refractivity contribution is -0.136. The van der Waals surface area contributed by atoms with Crippen molar-refractivity contribution in [1.82, 2.24) is 0 Å². The average molecular weight is 491 g/mol. The van der Waals surface area contributed by atoms with Crippen LogP contribution < -0.4 is 10.6 Å². The third-order valence-electron chi connectivity index (χ3n) is 3.38. The summed E-state index contributed by atoms with van der Waals surface area (Å²) in [6.45, 7) is 1.17. The van der Waals surface area contributed by atoms with E-state index in [1.54, 1.807) is 18.2 Å². The molecule has 0 atom stereocenters. The van der Waals surface area contributed by atoms with E-state index in [2.05, 4.69) is 20.6 Å². The fourth-order valence-electron chi connectivity index (χ4n) is 2.11. The van der Waals surface area contributed by atoms with E-state index in [1.807, 2.05) is 0 Å². The van der Waals surface area contributed by atoms with Crippen molar-refractivity contribution in [3.63, 3.8) is 0 Å². The van der Waals surface area contributed by atoms with Crippen LogP contribution >= 0.6 is 46.4 Å². The zero-order valence-corrected chi connectivity index (χ0v) is 18.7. The molecule has 0 aromatic heterocycles. The van der Waals surface area contributed by atoms with Crippen LogP contribution in [0.5, 0.6) is 0 Å². The van der Waals surface area contributed by atoms with Crippen molar-refractivity contribution >= 4 is 75.9 Å². The second-order valence-electron chi connectivity index (χ2n) is 5.58. The van der Waals surface area contributed by atoms with Crippen LogP contribution in [0.3, 0.4) is 0 Å². The molecule has 7 nitrogen and oxygen atoms in total. The molecule has 1 amide bonds. The number of oxime groups is 1. The standard InChI is InChI=1S/C19H15Cl4N3O4/c1-10(27)30-19(26-17-6-4-12(21)8-15(17)23)13(9-24-29-2)18(28)25-16-5-3-11(20)7-14(16)22/h3-9,26H,1-2H3,(H,25,28)/b19-13-,24-9+. The monoisotopic (exact) mass is 489 g/mol. The molecule has 0 unspecified atom stereocenters. The number of benzene rings is 2. The first kappa shape index (κ1) is 23.8. The Hall–Kier alpha value is -2.45. The predicted octanol–water partition coefficient (Wildman–Crippen LogP) is 5.76. The van der Waals surface area contributed by atoms with Crippen molar-refractivity contribution in [3.05, 3.63) is 67.9 Å². The highest BCUT2D eigenvalue weighted by atomic mass is 35.5. The van der Waals surface area contributed by atoms with Crippen LogP contribution in [0.4, 0.5) is 11.4 Å². The van der Waals surface area contributed by atoms with Gasteiger partial charge < -0.3 is 20.2 Å². The molecule has 2 rings (SSSR count). The zero-order valence-electron chi connectivity index (χ0n) is 15.6. The first-order valence-electron chi connectivity index (χ1n) is 8.19. The lowest BCUT2D eigenvalue weighted by Gasteiger charge is -2.15. The van der Waals surface area contributed by atoms with E-state index in [9.17, 15) is 9.59 Å². The van der Waals surface area contributed by atoms with Crippen LogP contribution in [0.2, 0.25) is 20.1 Å². The lowest BCUT2D eigenvalue weighted by Crippen LogP contribution is -2.22. The smallest absolute Gasteiger partial charge is 0.309 e. The molecule has 30 heavy (non-hydrogen) atoms. The Morgan fingerprint density at radius 2 is 1.47 bits per heavy atom. The Morgan fingerprint density at radius 1 is 0.933 bits per heavy atom. The van der Waals surface area contributed by atoms with Gasteiger partial charge in [-0.05, 0) is 36.4 Å². The van der Waals surface area contributed by atoms with Crippen molar-refractivity contribution < 1.29 is 19.2 Å². The molecule has 0 spiro atoms. The second-order valence-corrected chi connectivity index (χ2v) is 7.27. The Balaban J connectivity index is 2.49. The van der Waals surface area contributed by atoms with Gasteiger partial charge in [-0.25, -0.2) is 0 Å². The van der Waals surface area contributed by atoms with Gasteiger partial charge in [-0.1, -0.05) is 51.6 Å². The van der Waals surface area contributed by atoms with Gasteiger partial charge >= 0.3 is 5.97 Å². The molecule has 2 N–H and O–H groups in total. The number of amides is 1. The Morgan fingerprint density at radius 3 is 1.93 bits per heavy atom. The van der Waals surface area contributed by atoms with E-state index in [0.29, 0.717) is 15.7 Å². The topological polar surface area (TPSA) is 89.0 Å². The maximum absolute atomic E-state index is 12.9. The van der Waals surface area contributed by atoms with E-state index in [-0.39, 0.29) is 27.2 Å². The number of nitrogens with zero attached hydrogens (tertiary/aromatic N) is 1. The Kier molecular flexibility index (Phi) is 8.80. The van der Waals surface area contributed by atoms with Crippen molar-refractivity contribution in [2.24, 2.45) is 5.16 Å². The number of hydrogen-bond acceptors (Lipinski definition) is 6. The fourth-order valence-corrected chi connectivity index (χ4v) is 3.02. The molecule has 0 radical (unpaired) electrons. The first-order chi connectivity index (χ1) is 14.2. The summed E-state index contributed by atoms with van der Waals surface area (Å²) in [6.07, 6.45) is 1.06. The number of rotatable bonds is 7. The van der Waals surface area contributed by atoms with Crippen LogP contribution in [-0.2, 0) is 19.2 Å². The summed E-state index contributed by atoms with van der Waals surface area (Å²) in [7, 11) is 1.29. The highest BCUT2D eigenvalue weighted by Crippen LogP contribution is 2.28. The molecule has 0 fully saturated rings. The number of carbonyl (C=O) groups excluding carboxylic acids is 2. The van der Waals surface area contributed by atoms with Crippen LogP contribution in [0.25, 0.3) is 0 Å². The minimum Gasteiger partial charge on any atom is -0.409 e. The molecule has 0 saturated carbocycles. The first-order valence-corrected chi connectivity index (χ1v) is 9.70. The lowest BCUT2D eigenvalue weighted by atomic mass is 10.2.